The molecule has 4 heteroatoms. The van der Waals surface area contributed by atoms with Gasteiger partial charge < -0.3 is 10.5 Å². The third-order valence-electron chi connectivity index (χ3n) is 4.53. The van der Waals surface area contributed by atoms with Crippen LogP contribution in [-0.2, 0) is 9.53 Å². The molecule has 0 rings (SSSR count). The lowest BCUT2D eigenvalue weighted by atomic mass is 10.2. The molecule has 0 aliphatic rings. The molecule has 2 N–H and O–H groups in total. The van der Waals surface area contributed by atoms with Crippen LogP contribution in [0.25, 0.3) is 0 Å². The summed E-state index contributed by atoms with van der Waals surface area (Å²) in [5, 5.41) is 0. The predicted molar refractivity (Wildman–Crippen MR) is 93.9 cm³/mol. The third-order valence-corrected chi connectivity index (χ3v) is 11.3. The predicted octanol–water partition coefficient (Wildman–Crippen LogP) is 4.21. The van der Waals surface area contributed by atoms with E-state index in [1.54, 1.807) is 7.11 Å². The molecule has 1 amide bonds. The van der Waals surface area contributed by atoms with E-state index in [9.17, 15) is 4.79 Å². The maximum absolute atomic E-state index is 10.9. The number of primary amides is 1. The average Bonchev–Trinajstić information content (AvgIpc) is 2.35. The van der Waals surface area contributed by atoms with Gasteiger partial charge in [0.25, 0.3) is 0 Å². The van der Waals surface area contributed by atoms with E-state index in [1.165, 1.54) is 0 Å². The SMILES string of the molecule is CO[C@@H](/C=C/C=C\[Si](C(C)C)(C(C)C)C(C)C)CC(N)=O. The maximum Gasteiger partial charge on any atom is 0.220 e. The molecule has 0 aliphatic carbocycles. The number of rotatable bonds is 9. The Balaban J connectivity index is 5.06. The van der Waals surface area contributed by atoms with E-state index in [1.807, 2.05) is 12.2 Å². The van der Waals surface area contributed by atoms with Crippen molar-refractivity contribution in [1.29, 1.82) is 0 Å². The first kappa shape index (κ1) is 20.1. The topological polar surface area (TPSA) is 52.3 Å². The summed E-state index contributed by atoms with van der Waals surface area (Å²) in [6.07, 6.45) is 6.02. The van der Waals surface area contributed by atoms with Gasteiger partial charge in [0.1, 0.15) is 0 Å². The van der Waals surface area contributed by atoms with Gasteiger partial charge >= 0.3 is 0 Å². The zero-order valence-electron chi connectivity index (χ0n) is 14.7. The molecule has 0 saturated carbocycles. The Morgan fingerprint density at radius 2 is 1.52 bits per heavy atom. The molecule has 3 nitrogen and oxygen atoms in total. The number of allylic oxidation sites excluding steroid dienone is 2. The monoisotopic (exact) mass is 311 g/mol. The van der Waals surface area contributed by atoms with Crippen LogP contribution < -0.4 is 5.73 Å². The van der Waals surface area contributed by atoms with Gasteiger partial charge in [-0.1, -0.05) is 65.5 Å². The molecule has 0 aromatic carbocycles. The minimum atomic E-state index is -1.51. The van der Waals surface area contributed by atoms with E-state index in [0.717, 1.165) is 0 Å². The van der Waals surface area contributed by atoms with E-state index in [-0.39, 0.29) is 18.4 Å². The van der Waals surface area contributed by atoms with E-state index < -0.39 is 8.07 Å². The lowest BCUT2D eigenvalue weighted by Crippen LogP contribution is -2.42. The highest BCUT2D eigenvalue weighted by atomic mass is 28.3. The summed E-state index contributed by atoms with van der Waals surface area (Å²) in [5.74, 6) is -0.342. The average molecular weight is 312 g/mol. The highest BCUT2D eigenvalue weighted by Crippen LogP contribution is 2.42. The number of carbonyl (C=O) groups is 1. The van der Waals surface area contributed by atoms with Crippen LogP contribution in [0.4, 0.5) is 0 Å². The van der Waals surface area contributed by atoms with Crippen molar-refractivity contribution in [2.75, 3.05) is 7.11 Å². The molecule has 0 aromatic rings. The first-order chi connectivity index (χ1) is 9.68. The molecule has 0 spiro atoms. The Morgan fingerprint density at radius 3 is 1.86 bits per heavy atom. The molecular weight excluding hydrogens is 278 g/mol. The molecule has 21 heavy (non-hydrogen) atoms. The molecule has 0 unspecified atom stereocenters. The Hall–Kier alpha value is -0.873. The first-order valence-electron chi connectivity index (χ1n) is 7.85. The zero-order valence-corrected chi connectivity index (χ0v) is 15.7. The number of nitrogens with two attached hydrogens (primary N) is 1. The Morgan fingerprint density at radius 1 is 1.05 bits per heavy atom. The number of hydrogen-bond donors (Lipinski definition) is 1. The van der Waals surface area contributed by atoms with E-state index >= 15 is 0 Å². The van der Waals surface area contributed by atoms with Crippen LogP contribution in [0.2, 0.25) is 16.6 Å². The Bertz CT molecular complexity index is 351. The summed E-state index contributed by atoms with van der Waals surface area (Å²) < 4.78 is 5.23. The fourth-order valence-electron chi connectivity index (χ4n) is 3.42. The Kier molecular flexibility index (Phi) is 8.82. The standard InChI is InChI=1S/C17H33NO2Si/c1-13(2)21(14(3)4,15(5)6)11-9-8-10-16(20-7)12-17(18)19/h8-11,13-16H,12H2,1-7H3,(H2,18,19)/b10-8+,11-9-/t16-/m0/s1. The van der Waals surface area contributed by atoms with Crippen LogP contribution >= 0.6 is 0 Å². The fraction of sp³-hybridized carbons (Fsp3) is 0.706. The first-order valence-corrected chi connectivity index (χ1v) is 10.2. The van der Waals surface area contributed by atoms with Crippen molar-refractivity contribution in [2.45, 2.75) is 70.7 Å². The van der Waals surface area contributed by atoms with Gasteiger partial charge in [-0.3, -0.25) is 4.79 Å². The van der Waals surface area contributed by atoms with Gasteiger partial charge in [0.2, 0.25) is 5.91 Å². The summed E-state index contributed by atoms with van der Waals surface area (Å²) in [6, 6.07) is 0. The second-order valence-corrected chi connectivity index (χ2v) is 12.5. The van der Waals surface area contributed by atoms with Crippen LogP contribution in [0.15, 0.2) is 23.9 Å². The molecular formula is C17H33NO2Si. The summed E-state index contributed by atoms with van der Waals surface area (Å²) in [5.41, 5.74) is 9.74. The molecule has 1 atom stereocenters. The lowest BCUT2D eigenvalue weighted by molar-refractivity contribution is -0.119. The number of amides is 1. The molecule has 122 valence electrons. The second-order valence-electron chi connectivity index (χ2n) is 6.65. The molecule has 0 fully saturated rings. The minimum Gasteiger partial charge on any atom is -0.377 e. The highest BCUT2D eigenvalue weighted by molar-refractivity contribution is 6.88. The van der Waals surface area contributed by atoms with E-state index in [2.05, 4.69) is 53.3 Å². The van der Waals surface area contributed by atoms with Gasteiger partial charge in [-0.15, -0.1) is 0 Å². The van der Waals surface area contributed by atoms with Crippen molar-refractivity contribution >= 4 is 14.0 Å². The minimum absolute atomic E-state index is 0.224. The lowest BCUT2D eigenvalue weighted by Gasteiger charge is -2.40. The van der Waals surface area contributed by atoms with Gasteiger partial charge in [-0.05, 0) is 16.6 Å². The van der Waals surface area contributed by atoms with Gasteiger partial charge in [0, 0.05) is 7.11 Å². The van der Waals surface area contributed by atoms with Crippen molar-refractivity contribution in [3.8, 4) is 0 Å². The van der Waals surface area contributed by atoms with Crippen LogP contribution in [0.5, 0.6) is 0 Å². The van der Waals surface area contributed by atoms with Crippen molar-refractivity contribution in [2.24, 2.45) is 5.73 Å². The van der Waals surface area contributed by atoms with Crippen LogP contribution in [0.3, 0.4) is 0 Å². The van der Waals surface area contributed by atoms with Crippen LogP contribution in [0, 0.1) is 0 Å². The largest absolute Gasteiger partial charge is 0.377 e. The third kappa shape index (κ3) is 5.79. The summed E-state index contributed by atoms with van der Waals surface area (Å²) >= 11 is 0. The van der Waals surface area contributed by atoms with Crippen LogP contribution in [-0.4, -0.2) is 27.2 Å². The Labute approximate surface area is 131 Å². The number of ether oxygens (including phenoxy) is 1. The quantitative estimate of drug-likeness (QED) is 0.512. The number of carbonyl (C=O) groups excluding carboxylic acids is 1. The van der Waals surface area contributed by atoms with Crippen molar-refractivity contribution in [3.05, 3.63) is 23.9 Å². The fourth-order valence-corrected chi connectivity index (χ4v) is 9.02. The zero-order chi connectivity index (χ0) is 16.6. The van der Waals surface area contributed by atoms with Gasteiger partial charge in [0.05, 0.1) is 20.6 Å². The van der Waals surface area contributed by atoms with Crippen molar-refractivity contribution in [3.63, 3.8) is 0 Å². The number of methoxy groups -OCH3 is 1. The highest BCUT2D eigenvalue weighted by Gasteiger charge is 2.39. The molecule has 0 heterocycles. The van der Waals surface area contributed by atoms with E-state index in [0.29, 0.717) is 16.6 Å². The van der Waals surface area contributed by atoms with Gasteiger partial charge in [-0.25, -0.2) is 0 Å². The van der Waals surface area contributed by atoms with Crippen LogP contribution in [0.1, 0.15) is 48.0 Å². The molecule has 0 bridgehead atoms. The number of hydrogen-bond acceptors (Lipinski definition) is 2. The maximum atomic E-state index is 10.9. The second kappa shape index (κ2) is 9.21. The molecule has 0 saturated heterocycles. The van der Waals surface area contributed by atoms with Crippen molar-refractivity contribution < 1.29 is 9.53 Å². The van der Waals surface area contributed by atoms with Gasteiger partial charge in [0.15, 0.2) is 0 Å². The summed E-state index contributed by atoms with van der Waals surface area (Å²) in [6.45, 7) is 14.0. The normalized spacial score (nSPS) is 15.0. The van der Waals surface area contributed by atoms with E-state index in [4.69, 9.17) is 10.5 Å². The van der Waals surface area contributed by atoms with Crippen molar-refractivity contribution in [1.82, 2.24) is 0 Å². The smallest absolute Gasteiger partial charge is 0.220 e. The van der Waals surface area contributed by atoms with Gasteiger partial charge in [-0.2, -0.15) is 0 Å². The molecule has 0 aliphatic heterocycles. The molecule has 0 radical (unpaired) electrons. The summed E-state index contributed by atoms with van der Waals surface area (Å²) in [7, 11) is 0.0883. The summed E-state index contributed by atoms with van der Waals surface area (Å²) in [4.78, 5) is 10.9. The molecule has 0 aromatic heterocycles.